The van der Waals surface area contributed by atoms with Crippen molar-refractivity contribution in [1.82, 2.24) is 5.32 Å². The summed E-state index contributed by atoms with van der Waals surface area (Å²) in [6, 6.07) is 17.4. The largest absolute Gasteiger partial charge is 0.312 e. The molecule has 0 aliphatic carbocycles. The van der Waals surface area contributed by atoms with E-state index < -0.39 is 0 Å². The van der Waals surface area contributed by atoms with Crippen molar-refractivity contribution >= 4 is 38.0 Å². The molecule has 1 aromatic heterocycles. The van der Waals surface area contributed by atoms with Crippen LogP contribution < -0.4 is 5.32 Å². The molecular weight excluding hydrogens is 342 g/mol. The minimum Gasteiger partial charge on any atom is -0.312 e. The van der Waals surface area contributed by atoms with Crippen LogP contribution in [0.1, 0.15) is 18.2 Å². The molecule has 0 saturated carbocycles. The van der Waals surface area contributed by atoms with Crippen molar-refractivity contribution in [3.05, 3.63) is 57.9 Å². The highest BCUT2D eigenvalue weighted by molar-refractivity contribution is 9.10. The molecule has 0 spiro atoms. The predicted molar refractivity (Wildman–Crippen MR) is 97.0 cm³/mol. The van der Waals surface area contributed by atoms with Gasteiger partial charge < -0.3 is 5.32 Å². The fourth-order valence-electron chi connectivity index (χ4n) is 2.48. The Morgan fingerprint density at radius 3 is 2.62 bits per heavy atom. The molecule has 1 N–H and O–H groups in total. The summed E-state index contributed by atoms with van der Waals surface area (Å²) in [4.78, 5) is 2.73. The molecule has 21 heavy (non-hydrogen) atoms. The Morgan fingerprint density at radius 1 is 1.00 bits per heavy atom. The van der Waals surface area contributed by atoms with Crippen LogP contribution in [-0.2, 0) is 6.54 Å². The van der Waals surface area contributed by atoms with E-state index >= 15 is 0 Å². The van der Waals surface area contributed by atoms with Gasteiger partial charge in [0.2, 0.25) is 0 Å². The molecule has 1 heterocycles. The number of hydrogen-bond donors (Lipinski definition) is 1. The first kappa shape index (κ1) is 14.8. The Bertz CT molecular complexity index is 748. The topological polar surface area (TPSA) is 12.0 Å². The minimum atomic E-state index is 0.965. The first-order chi connectivity index (χ1) is 10.3. The van der Waals surface area contributed by atoms with Gasteiger partial charge in [-0.05, 0) is 47.5 Å². The molecule has 3 rings (SSSR count). The Labute approximate surface area is 138 Å². The van der Waals surface area contributed by atoms with Gasteiger partial charge in [-0.3, -0.25) is 0 Å². The van der Waals surface area contributed by atoms with E-state index in [2.05, 4.69) is 76.7 Å². The van der Waals surface area contributed by atoms with Crippen molar-refractivity contribution in [2.75, 3.05) is 6.54 Å². The summed E-state index contributed by atoms with van der Waals surface area (Å²) in [7, 11) is 0. The lowest BCUT2D eigenvalue weighted by atomic mass is 10.0. The van der Waals surface area contributed by atoms with E-state index in [9.17, 15) is 0 Å². The summed E-state index contributed by atoms with van der Waals surface area (Å²) in [6.45, 7) is 4.24. The Hall–Kier alpha value is -1.16. The van der Waals surface area contributed by atoms with Gasteiger partial charge in [0.15, 0.2) is 0 Å². The van der Waals surface area contributed by atoms with Crippen LogP contribution >= 0.6 is 27.3 Å². The van der Waals surface area contributed by atoms with Crippen LogP contribution in [0.15, 0.2) is 53.0 Å². The van der Waals surface area contributed by atoms with Crippen molar-refractivity contribution < 1.29 is 0 Å². The summed E-state index contributed by atoms with van der Waals surface area (Å²) in [5.41, 5.74) is 1.32. The molecule has 0 radical (unpaired) electrons. The van der Waals surface area contributed by atoms with E-state index in [1.165, 1.54) is 32.5 Å². The lowest BCUT2D eigenvalue weighted by Gasteiger charge is -2.06. The summed E-state index contributed by atoms with van der Waals surface area (Å²) in [5.74, 6) is 0. The SMILES string of the molecule is CCCNCc1ccc(-c2ccc(Br)c3ccccc23)s1. The van der Waals surface area contributed by atoms with Gasteiger partial charge in [-0.25, -0.2) is 0 Å². The van der Waals surface area contributed by atoms with Gasteiger partial charge in [0.1, 0.15) is 0 Å². The zero-order chi connectivity index (χ0) is 14.7. The number of thiophene rings is 1. The predicted octanol–water partition coefficient (Wildman–Crippen LogP) is 5.83. The molecule has 3 aromatic rings. The monoisotopic (exact) mass is 359 g/mol. The van der Waals surface area contributed by atoms with Crippen LogP contribution in [0.25, 0.3) is 21.2 Å². The van der Waals surface area contributed by atoms with E-state index in [1.54, 1.807) is 0 Å². The average Bonchev–Trinajstić information content (AvgIpc) is 2.97. The van der Waals surface area contributed by atoms with Crippen LogP contribution in [-0.4, -0.2) is 6.54 Å². The highest BCUT2D eigenvalue weighted by Gasteiger charge is 2.08. The molecule has 0 atom stereocenters. The van der Waals surface area contributed by atoms with E-state index in [0.717, 1.165) is 17.6 Å². The first-order valence-electron chi connectivity index (χ1n) is 7.26. The van der Waals surface area contributed by atoms with Gasteiger partial charge in [-0.15, -0.1) is 11.3 Å². The molecular formula is C18H18BrNS. The number of halogens is 1. The van der Waals surface area contributed by atoms with Gasteiger partial charge in [0, 0.05) is 20.8 Å². The third-order valence-corrected chi connectivity index (χ3v) is 5.33. The molecule has 0 amide bonds. The zero-order valence-electron chi connectivity index (χ0n) is 12.0. The lowest BCUT2D eigenvalue weighted by molar-refractivity contribution is 0.681. The maximum Gasteiger partial charge on any atom is 0.0352 e. The second-order valence-electron chi connectivity index (χ2n) is 5.08. The van der Waals surface area contributed by atoms with Gasteiger partial charge >= 0.3 is 0 Å². The molecule has 3 heteroatoms. The lowest BCUT2D eigenvalue weighted by Crippen LogP contribution is -2.12. The van der Waals surface area contributed by atoms with E-state index in [4.69, 9.17) is 0 Å². The third kappa shape index (κ3) is 3.20. The first-order valence-corrected chi connectivity index (χ1v) is 8.87. The van der Waals surface area contributed by atoms with Crippen molar-refractivity contribution in [2.24, 2.45) is 0 Å². The number of nitrogens with one attached hydrogen (secondary N) is 1. The van der Waals surface area contributed by atoms with E-state index in [-0.39, 0.29) is 0 Å². The van der Waals surface area contributed by atoms with Gasteiger partial charge in [0.05, 0.1) is 0 Å². The minimum absolute atomic E-state index is 0.965. The number of benzene rings is 2. The summed E-state index contributed by atoms with van der Waals surface area (Å²) in [5, 5.41) is 6.04. The molecule has 0 bridgehead atoms. The van der Waals surface area contributed by atoms with Crippen molar-refractivity contribution in [3.8, 4) is 10.4 Å². The quantitative estimate of drug-likeness (QED) is 0.565. The number of hydrogen-bond acceptors (Lipinski definition) is 2. The highest BCUT2D eigenvalue weighted by atomic mass is 79.9. The highest BCUT2D eigenvalue weighted by Crippen LogP contribution is 2.36. The maximum absolute atomic E-state index is 3.64. The molecule has 0 saturated heterocycles. The average molecular weight is 360 g/mol. The summed E-state index contributed by atoms with van der Waals surface area (Å²) >= 11 is 5.52. The Morgan fingerprint density at radius 2 is 1.81 bits per heavy atom. The summed E-state index contributed by atoms with van der Waals surface area (Å²) < 4.78 is 1.16. The van der Waals surface area contributed by atoms with Crippen LogP contribution in [0.5, 0.6) is 0 Å². The van der Waals surface area contributed by atoms with E-state index in [1.807, 2.05) is 11.3 Å². The van der Waals surface area contributed by atoms with Crippen LogP contribution in [0.2, 0.25) is 0 Å². The summed E-state index contributed by atoms with van der Waals surface area (Å²) in [6.07, 6.45) is 1.18. The maximum atomic E-state index is 3.64. The van der Waals surface area contributed by atoms with Crippen LogP contribution in [0, 0.1) is 0 Å². The zero-order valence-corrected chi connectivity index (χ0v) is 14.4. The molecule has 1 nitrogen and oxygen atoms in total. The van der Waals surface area contributed by atoms with Crippen molar-refractivity contribution in [1.29, 1.82) is 0 Å². The fraction of sp³-hybridized carbons (Fsp3) is 0.222. The van der Waals surface area contributed by atoms with Crippen LogP contribution in [0.4, 0.5) is 0 Å². The molecule has 2 aromatic carbocycles. The van der Waals surface area contributed by atoms with Gasteiger partial charge in [-0.1, -0.05) is 53.2 Å². The third-order valence-electron chi connectivity index (χ3n) is 3.52. The second kappa shape index (κ2) is 6.73. The second-order valence-corrected chi connectivity index (χ2v) is 7.11. The van der Waals surface area contributed by atoms with Crippen molar-refractivity contribution in [3.63, 3.8) is 0 Å². The molecule has 0 aliphatic rings. The smallest absolute Gasteiger partial charge is 0.0352 e. The molecule has 0 fully saturated rings. The van der Waals surface area contributed by atoms with Crippen molar-refractivity contribution in [2.45, 2.75) is 19.9 Å². The Balaban J connectivity index is 1.96. The normalized spacial score (nSPS) is 11.1. The van der Waals surface area contributed by atoms with Crippen LogP contribution in [0.3, 0.4) is 0 Å². The number of rotatable bonds is 5. The molecule has 0 unspecified atom stereocenters. The fourth-order valence-corrected chi connectivity index (χ4v) is 3.98. The van der Waals surface area contributed by atoms with Gasteiger partial charge in [0.25, 0.3) is 0 Å². The van der Waals surface area contributed by atoms with Gasteiger partial charge in [-0.2, -0.15) is 0 Å². The molecule has 0 aliphatic heterocycles. The standard InChI is InChI=1S/C18H18BrNS/c1-2-11-20-12-13-7-10-18(21-13)16-8-9-17(19)15-6-4-3-5-14(15)16/h3-10,20H,2,11-12H2,1H3. The molecule has 108 valence electrons. The Kier molecular flexibility index (Phi) is 4.73. The number of fused-ring (bicyclic) bond motifs is 1. The van der Waals surface area contributed by atoms with E-state index in [0.29, 0.717) is 0 Å².